The van der Waals surface area contributed by atoms with Crippen LogP contribution in [-0.4, -0.2) is 50.3 Å². The van der Waals surface area contributed by atoms with Crippen LogP contribution in [0.2, 0.25) is 5.02 Å². The molecule has 1 aliphatic rings. The molecule has 34 heavy (non-hydrogen) atoms. The molecule has 1 aliphatic heterocycles. The van der Waals surface area contributed by atoms with E-state index in [0.29, 0.717) is 17.3 Å². The summed E-state index contributed by atoms with van der Waals surface area (Å²) in [6.07, 6.45) is 0. The maximum absolute atomic E-state index is 12.9. The van der Waals surface area contributed by atoms with Crippen LogP contribution >= 0.6 is 11.6 Å². The summed E-state index contributed by atoms with van der Waals surface area (Å²) < 4.78 is 14.3. The molecular formula is C24H24ClN5O4. The van der Waals surface area contributed by atoms with Gasteiger partial charge in [0.25, 0.3) is 5.56 Å². The number of morpholine rings is 1. The normalized spacial score (nSPS) is 14.5. The van der Waals surface area contributed by atoms with Crippen LogP contribution in [-0.2, 0) is 24.9 Å². The zero-order valence-corrected chi connectivity index (χ0v) is 19.4. The first-order valence-corrected chi connectivity index (χ1v) is 11.4. The quantitative estimate of drug-likeness (QED) is 0.455. The molecular weight excluding hydrogens is 458 g/mol. The molecule has 10 heteroatoms. The number of H-pyrrole nitrogens is 1. The molecule has 0 amide bonds. The largest absolute Gasteiger partial charge is 0.425 e. The van der Waals surface area contributed by atoms with E-state index < -0.39 is 11.2 Å². The zero-order chi connectivity index (χ0) is 23.7. The van der Waals surface area contributed by atoms with Crippen molar-refractivity contribution in [2.75, 3.05) is 26.3 Å². The number of rotatable bonds is 6. The van der Waals surface area contributed by atoms with Crippen LogP contribution in [0.15, 0.2) is 58.1 Å². The van der Waals surface area contributed by atoms with E-state index in [4.69, 9.17) is 21.1 Å². The van der Waals surface area contributed by atoms with E-state index in [9.17, 15) is 9.59 Å². The van der Waals surface area contributed by atoms with Crippen molar-refractivity contribution in [3.8, 4) is 11.8 Å². The second-order valence-corrected chi connectivity index (χ2v) is 8.67. The molecule has 0 spiro atoms. The minimum atomic E-state index is -0.535. The van der Waals surface area contributed by atoms with Crippen molar-refractivity contribution in [2.45, 2.75) is 13.1 Å². The molecule has 1 N–H and O–H groups in total. The van der Waals surface area contributed by atoms with Gasteiger partial charge >= 0.3 is 11.7 Å². The number of hydrogen-bond acceptors (Lipinski definition) is 6. The molecule has 3 heterocycles. The molecule has 0 unspecified atom stereocenters. The number of nitrogens with zero attached hydrogens (tertiary/aromatic N) is 4. The number of hydrogen-bond donors (Lipinski definition) is 1. The van der Waals surface area contributed by atoms with E-state index in [2.05, 4.69) is 14.9 Å². The number of fused-ring (bicyclic) bond motifs is 1. The van der Waals surface area contributed by atoms with Gasteiger partial charge in [0, 0.05) is 31.7 Å². The number of aromatic amines is 1. The third-order valence-electron chi connectivity index (χ3n) is 5.84. The highest BCUT2D eigenvalue weighted by molar-refractivity contribution is 6.30. The summed E-state index contributed by atoms with van der Waals surface area (Å²) in [5.41, 5.74) is 1.47. The Labute approximate surface area is 200 Å². The van der Waals surface area contributed by atoms with Crippen LogP contribution in [0.4, 0.5) is 0 Å². The topological polar surface area (TPSA) is 94.4 Å². The Morgan fingerprint density at radius 2 is 1.82 bits per heavy atom. The van der Waals surface area contributed by atoms with Gasteiger partial charge in [0.2, 0.25) is 0 Å². The number of aromatic nitrogens is 4. The van der Waals surface area contributed by atoms with Crippen LogP contribution in [0, 0.1) is 0 Å². The van der Waals surface area contributed by atoms with Gasteiger partial charge in [-0.25, -0.2) is 4.79 Å². The minimum Gasteiger partial charge on any atom is -0.425 e. The molecule has 1 saturated heterocycles. The Morgan fingerprint density at radius 3 is 2.59 bits per heavy atom. The zero-order valence-electron chi connectivity index (χ0n) is 18.7. The molecule has 5 rings (SSSR count). The van der Waals surface area contributed by atoms with Crippen molar-refractivity contribution in [1.82, 2.24) is 24.0 Å². The first kappa shape index (κ1) is 22.4. The Morgan fingerprint density at radius 1 is 1.06 bits per heavy atom. The van der Waals surface area contributed by atoms with Gasteiger partial charge in [-0.15, -0.1) is 0 Å². The van der Waals surface area contributed by atoms with Crippen molar-refractivity contribution in [2.24, 2.45) is 7.05 Å². The molecule has 4 aromatic rings. The van der Waals surface area contributed by atoms with E-state index in [0.717, 1.165) is 48.5 Å². The second-order valence-electron chi connectivity index (χ2n) is 8.24. The lowest BCUT2D eigenvalue weighted by Crippen LogP contribution is -2.35. The summed E-state index contributed by atoms with van der Waals surface area (Å²) in [5, 5.41) is 0.619. The summed E-state index contributed by atoms with van der Waals surface area (Å²) in [7, 11) is 1.43. The summed E-state index contributed by atoms with van der Waals surface area (Å²) in [5.74, 6) is 0.595. The Kier molecular flexibility index (Phi) is 6.23. The van der Waals surface area contributed by atoms with Gasteiger partial charge in [-0.3, -0.25) is 23.8 Å². The average Bonchev–Trinajstić information content (AvgIpc) is 3.16. The summed E-state index contributed by atoms with van der Waals surface area (Å²) in [6, 6.07) is 15.3. The van der Waals surface area contributed by atoms with Crippen molar-refractivity contribution in [3.63, 3.8) is 0 Å². The molecule has 0 aliphatic carbocycles. The fourth-order valence-electron chi connectivity index (χ4n) is 4.00. The maximum Gasteiger partial charge on any atom is 0.329 e. The van der Waals surface area contributed by atoms with Gasteiger partial charge in [0.05, 0.1) is 19.8 Å². The molecule has 176 valence electrons. The van der Waals surface area contributed by atoms with Crippen molar-refractivity contribution in [3.05, 3.63) is 85.5 Å². The maximum atomic E-state index is 12.9. The van der Waals surface area contributed by atoms with E-state index in [1.807, 2.05) is 36.4 Å². The monoisotopic (exact) mass is 481 g/mol. The SMILES string of the molecule is Cn1c(=O)[nH]c2nc(Oc3cccc(CN4CCOCC4)c3)n(Cc3ccc(Cl)cc3)c2c1=O. The van der Waals surface area contributed by atoms with Crippen LogP contribution in [0.3, 0.4) is 0 Å². The van der Waals surface area contributed by atoms with Crippen LogP contribution < -0.4 is 16.0 Å². The highest BCUT2D eigenvalue weighted by Gasteiger charge is 2.19. The van der Waals surface area contributed by atoms with Gasteiger partial charge in [-0.2, -0.15) is 4.98 Å². The fourth-order valence-corrected chi connectivity index (χ4v) is 4.13. The van der Waals surface area contributed by atoms with E-state index >= 15 is 0 Å². The molecule has 0 radical (unpaired) electrons. The van der Waals surface area contributed by atoms with Crippen molar-refractivity contribution in [1.29, 1.82) is 0 Å². The average molecular weight is 482 g/mol. The van der Waals surface area contributed by atoms with Crippen molar-refractivity contribution < 1.29 is 9.47 Å². The Bertz CT molecular complexity index is 1430. The fraction of sp³-hybridized carbons (Fsp3) is 0.292. The van der Waals surface area contributed by atoms with Gasteiger partial charge in [0.15, 0.2) is 11.2 Å². The first-order chi connectivity index (χ1) is 16.5. The first-order valence-electron chi connectivity index (χ1n) is 11.0. The number of ether oxygens (including phenoxy) is 2. The standard InChI is InChI=1S/C24H24ClN5O4/c1-28-22(31)20-21(26-23(28)32)27-24(30(20)15-16-5-7-18(25)8-6-16)34-19-4-2-3-17(13-19)14-29-9-11-33-12-10-29/h2-8,13H,9-12,14-15H2,1H3,(H,26,32). The predicted octanol–water partition coefficient (Wildman–Crippen LogP) is 2.75. The lowest BCUT2D eigenvalue weighted by molar-refractivity contribution is 0.0342. The molecule has 0 saturated carbocycles. The van der Waals surface area contributed by atoms with E-state index in [1.54, 1.807) is 16.7 Å². The number of nitrogens with one attached hydrogen (secondary N) is 1. The summed E-state index contributed by atoms with van der Waals surface area (Å²) in [6.45, 7) is 4.35. The number of halogens is 1. The van der Waals surface area contributed by atoms with Gasteiger partial charge in [0.1, 0.15) is 5.75 Å². The van der Waals surface area contributed by atoms with Crippen molar-refractivity contribution >= 4 is 22.8 Å². The molecule has 2 aromatic carbocycles. The molecule has 9 nitrogen and oxygen atoms in total. The molecule has 0 bridgehead atoms. The third kappa shape index (κ3) is 4.63. The Hall–Kier alpha value is -3.40. The minimum absolute atomic E-state index is 0.182. The molecule has 2 aromatic heterocycles. The van der Waals surface area contributed by atoms with E-state index in [1.165, 1.54) is 7.05 Å². The lowest BCUT2D eigenvalue weighted by Gasteiger charge is -2.26. The Balaban J connectivity index is 1.52. The summed E-state index contributed by atoms with van der Waals surface area (Å²) >= 11 is 6.03. The second kappa shape index (κ2) is 9.46. The number of imidazole rings is 1. The van der Waals surface area contributed by atoms with Gasteiger partial charge in [-0.1, -0.05) is 35.9 Å². The van der Waals surface area contributed by atoms with Gasteiger partial charge < -0.3 is 9.47 Å². The van der Waals surface area contributed by atoms with Crippen LogP contribution in [0.25, 0.3) is 11.2 Å². The third-order valence-corrected chi connectivity index (χ3v) is 6.09. The smallest absolute Gasteiger partial charge is 0.329 e. The highest BCUT2D eigenvalue weighted by atomic mass is 35.5. The van der Waals surface area contributed by atoms with E-state index in [-0.39, 0.29) is 17.2 Å². The number of benzene rings is 2. The van der Waals surface area contributed by atoms with Crippen LogP contribution in [0.5, 0.6) is 11.8 Å². The molecule has 0 atom stereocenters. The summed E-state index contributed by atoms with van der Waals surface area (Å²) in [4.78, 5) is 34.5. The van der Waals surface area contributed by atoms with Crippen LogP contribution in [0.1, 0.15) is 11.1 Å². The highest BCUT2D eigenvalue weighted by Crippen LogP contribution is 2.26. The molecule has 1 fully saturated rings. The lowest BCUT2D eigenvalue weighted by atomic mass is 10.2. The van der Waals surface area contributed by atoms with Gasteiger partial charge in [-0.05, 0) is 35.4 Å². The predicted molar refractivity (Wildman–Crippen MR) is 129 cm³/mol.